The standard InChI is InChI=1S/C41H81NO3/c1-3-5-7-9-10-11-12-13-14-15-16-17-18-19-20-21-22-23-24-25-26-27-28-29-30-31-32-33-35-37-41(45)42-39(38-43)40(44)36-34-8-6-4-2/h15-16,39-40,43-44H,3-14,17-38H2,1-2H3,(H,42,45)/b16-15-. The molecule has 268 valence electrons. The van der Waals surface area contributed by atoms with E-state index in [4.69, 9.17) is 0 Å². The number of hydrogen-bond donors (Lipinski definition) is 3. The van der Waals surface area contributed by atoms with Crippen LogP contribution in [0.25, 0.3) is 0 Å². The average Bonchev–Trinajstić information content (AvgIpc) is 3.04. The molecule has 3 N–H and O–H groups in total. The van der Waals surface area contributed by atoms with E-state index in [0.29, 0.717) is 12.8 Å². The van der Waals surface area contributed by atoms with Gasteiger partial charge in [-0.2, -0.15) is 0 Å². The minimum Gasteiger partial charge on any atom is -0.394 e. The minimum atomic E-state index is -0.650. The van der Waals surface area contributed by atoms with Crippen molar-refractivity contribution in [2.45, 2.75) is 238 Å². The monoisotopic (exact) mass is 636 g/mol. The summed E-state index contributed by atoms with van der Waals surface area (Å²) in [5.74, 6) is -0.0376. The van der Waals surface area contributed by atoms with Gasteiger partial charge in [-0.1, -0.05) is 193 Å². The Bertz CT molecular complexity index is 608. The number of allylic oxidation sites excluding steroid dienone is 2. The molecule has 0 saturated heterocycles. The molecule has 0 aromatic rings. The van der Waals surface area contributed by atoms with Gasteiger partial charge >= 0.3 is 0 Å². The van der Waals surface area contributed by atoms with Crippen LogP contribution in [0.15, 0.2) is 12.2 Å². The molecule has 0 aliphatic carbocycles. The summed E-state index contributed by atoms with van der Waals surface area (Å²) in [6.45, 7) is 4.26. The Morgan fingerprint density at radius 3 is 1.22 bits per heavy atom. The number of carbonyl (C=O) groups is 1. The molecular formula is C41H81NO3. The number of nitrogens with one attached hydrogen (secondary N) is 1. The molecule has 0 saturated carbocycles. The van der Waals surface area contributed by atoms with E-state index in [2.05, 4.69) is 31.3 Å². The molecule has 2 unspecified atom stereocenters. The van der Waals surface area contributed by atoms with Gasteiger partial charge in [-0.25, -0.2) is 0 Å². The molecule has 0 bridgehead atoms. The van der Waals surface area contributed by atoms with E-state index >= 15 is 0 Å². The minimum absolute atomic E-state index is 0.0376. The molecule has 0 fully saturated rings. The number of hydrogen-bond acceptors (Lipinski definition) is 3. The Morgan fingerprint density at radius 1 is 0.511 bits per heavy atom. The van der Waals surface area contributed by atoms with Crippen LogP contribution in [0.2, 0.25) is 0 Å². The fraction of sp³-hybridized carbons (Fsp3) is 0.927. The molecule has 0 aliphatic heterocycles. The number of carbonyl (C=O) groups excluding carboxylic acids is 1. The highest BCUT2D eigenvalue weighted by Crippen LogP contribution is 2.16. The van der Waals surface area contributed by atoms with Gasteiger partial charge in [0, 0.05) is 6.42 Å². The van der Waals surface area contributed by atoms with Crippen molar-refractivity contribution in [1.29, 1.82) is 0 Å². The van der Waals surface area contributed by atoms with E-state index in [1.54, 1.807) is 0 Å². The van der Waals surface area contributed by atoms with Crippen molar-refractivity contribution in [2.24, 2.45) is 0 Å². The summed E-state index contributed by atoms with van der Waals surface area (Å²) in [6.07, 6.45) is 46.3. The second kappa shape index (κ2) is 37.6. The van der Waals surface area contributed by atoms with Gasteiger partial charge in [0.05, 0.1) is 18.8 Å². The van der Waals surface area contributed by atoms with Crippen LogP contribution in [-0.2, 0) is 4.79 Å². The number of amides is 1. The Kier molecular flexibility index (Phi) is 36.9. The van der Waals surface area contributed by atoms with E-state index < -0.39 is 12.1 Å². The quantitative estimate of drug-likeness (QED) is 0.0470. The molecule has 0 heterocycles. The van der Waals surface area contributed by atoms with Gasteiger partial charge in [-0.05, 0) is 38.5 Å². The van der Waals surface area contributed by atoms with Gasteiger partial charge in [-0.15, -0.1) is 0 Å². The third-order valence-corrected chi connectivity index (χ3v) is 9.53. The molecular weight excluding hydrogens is 554 g/mol. The topological polar surface area (TPSA) is 69.6 Å². The van der Waals surface area contributed by atoms with Gasteiger partial charge in [0.15, 0.2) is 0 Å². The van der Waals surface area contributed by atoms with E-state index in [0.717, 1.165) is 32.1 Å². The number of aliphatic hydroxyl groups is 2. The summed E-state index contributed by atoms with van der Waals surface area (Å²) in [5.41, 5.74) is 0. The summed E-state index contributed by atoms with van der Waals surface area (Å²) in [5, 5.41) is 22.7. The van der Waals surface area contributed by atoms with Crippen molar-refractivity contribution in [3.8, 4) is 0 Å². The summed E-state index contributed by atoms with van der Waals surface area (Å²) in [7, 11) is 0. The van der Waals surface area contributed by atoms with E-state index in [1.807, 2.05) is 0 Å². The zero-order chi connectivity index (χ0) is 32.9. The third kappa shape index (κ3) is 34.3. The van der Waals surface area contributed by atoms with Crippen molar-refractivity contribution in [2.75, 3.05) is 6.61 Å². The second-order valence-electron chi connectivity index (χ2n) is 14.1. The first-order chi connectivity index (χ1) is 22.2. The molecule has 45 heavy (non-hydrogen) atoms. The highest BCUT2D eigenvalue weighted by atomic mass is 16.3. The maximum atomic E-state index is 12.2. The highest BCUT2D eigenvalue weighted by molar-refractivity contribution is 5.76. The predicted octanol–water partition coefficient (Wildman–Crippen LogP) is 12.3. The van der Waals surface area contributed by atoms with Crippen LogP contribution in [0, 0.1) is 0 Å². The lowest BCUT2D eigenvalue weighted by atomic mass is 10.0. The van der Waals surface area contributed by atoms with E-state index in [1.165, 1.54) is 167 Å². The first-order valence-corrected chi connectivity index (χ1v) is 20.4. The second-order valence-corrected chi connectivity index (χ2v) is 14.1. The largest absolute Gasteiger partial charge is 0.394 e. The molecule has 0 spiro atoms. The van der Waals surface area contributed by atoms with Crippen LogP contribution in [0.5, 0.6) is 0 Å². The van der Waals surface area contributed by atoms with Gasteiger partial charge in [0.2, 0.25) is 5.91 Å². The molecule has 2 atom stereocenters. The Balaban J connectivity index is 3.31. The Labute approximate surface area is 282 Å². The van der Waals surface area contributed by atoms with Crippen molar-refractivity contribution in [3.05, 3.63) is 12.2 Å². The van der Waals surface area contributed by atoms with Crippen LogP contribution >= 0.6 is 0 Å². The fourth-order valence-corrected chi connectivity index (χ4v) is 6.36. The van der Waals surface area contributed by atoms with Crippen molar-refractivity contribution < 1.29 is 15.0 Å². The van der Waals surface area contributed by atoms with E-state index in [-0.39, 0.29) is 12.5 Å². The average molecular weight is 636 g/mol. The van der Waals surface area contributed by atoms with Crippen LogP contribution in [0.1, 0.15) is 226 Å². The maximum absolute atomic E-state index is 12.2. The van der Waals surface area contributed by atoms with Gasteiger partial charge in [-0.3, -0.25) is 4.79 Å². The molecule has 1 amide bonds. The highest BCUT2D eigenvalue weighted by Gasteiger charge is 2.19. The maximum Gasteiger partial charge on any atom is 0.220 e. The summed E-state index contributed by atoms with van der Waals surface area (Å²) >= 11 is 0. The van der Waals surface area contributed by atoms with Crippen LogP contribution in [0.3, 0.4) is 0 Å². The van der Waals surface area contributed by atoms with Crippen LogP contribution < -0.4 is 5.32 Å². The van der Waals surface area contributed by atoms with Crippen LogP contribution in [-0.4, -0.2) is 34.9 Å². The lowest BCUT2D eigenvalue weighted by Crippen LogP contribution is -2.45. The summed E-state index contributed by atoms with van der Waals surface area (Å²) in [4.78, 5) is 12.2. The predicted molar refractivity (Wildman–Crippen MR) is 198 cm³/mol. The zero-order valence-electron chi connectivity index (χ0n) is 30.7. The Morgan fingerprint density at radius 2 is 0.844 bits per heavy atom. The number of unbranched alkanes of at least 4 members (excludes halogenated alkanes) is 28. The fourth-order valence-electron chi connectivity index (χ4n) is 6.36. The van der Waals surface area contributed by atoms with Gasteiger partial charge in [0.1, 0.15) is 0 Å². The molecule has 0 aromatic carbocycles. The molecule has 0 aliphatic rings. The SMILES string of the molecule is CCCCCCCCCC/C=C\CCCCCCCCCCCCCCCCCCCC(=O)NC(CO)C(O)CCCCCC. The normalized spacial score (nSPS) is 13.1. The molecule has 4 nitrogen and oxygen atoms in total. The Hall–Kier alpha value is -0.870. The van der Waals surface area contributed by atoms with Gasteiger partial charge in [0.25, 0.3) is 0 Å². The molecule has 4 heteroatoms. The lowest BCUT2D eigenvalue weighted by molar-refractivity contribution is -0.123. The third-order valence-electron chi connectivity index (χ3n) is 9.53. The van der Waals surface area contributed by atoms with Crippen molar-refractivity contribution in [1.82, 2.24) is 5.32 Å². The first-order valence-electron chi connectivity index (χ1n) is 20.4. The van der Waals surface area contributed by atoms with Crippen molar-refractivity contribution in [3.63, 3.8) is 0 Å². The van der Waals surface area contributed by atoms with Crippen LogP contribution in [0.4, 0.5) is 0 Å². The smallest absolute Gasteiger partial charge is 0.220 e. The molecule has 0 radical (unpaired) electrons. The lowest BCUT2D eigenvalue weighted by Gasteiger charge is -2.22. The number of aliphatic hydroxyl groups excluding tert-OH is 2. The van der Waals surface area contributed by atoms with Crippen molar-refractivity contribution >= 4 is 5.91 Å². The number of rotatable bonds is 37. The summed E-state index contributed by atoms with van der Waals surface area (Å²) in [6, 6.07) is -0.527. The van der Waals surface area contributed by atoms with E-state index in [9.17, 15) is 15.0 Å². The van der Waals surface area contributed by atoms with Gasteiger partial charge < -0.3 is 15.5 Å². The first kappa shape index (κ1) is 44.1. The summed E-state index contributed by atoms with van der Waals surface area (Å²) < 4.78 is 0. The molecule has 0 rings (SSSR count). The zero-order valence-corrected chi connectivity index (χ0v) is 30.7. The molecule has 0 aromatic heterocycles.